The van der Waals surface area contributed by atoms with Gasteiger partial charge in [-0.2, -0.15) is 0 Å². The van der Waals surface area contributed by atoms with Gasteiger partial charge in [-0.1, -0.05) is 0 Å². The van der Waals surface area contributed by atoms with E-state index in [1.54, 1.807) is 0 Å². The number of hydrogen-bond donors (Lipinski definition) is 2. The molecule has 0 aliphatic rings. The molecule has 0 radical (unpaired) electrons. The molecule has 0 atom stereocenters. The van der Waals surface area contributed by atoms with E-state index in [-0.39, 0.29) is 15.4 Å². The second-order valence-electron chi connectivity index (χ2n) is 3.55. The van der Waals surface area contributed by atoms with Gasteiger partial charge in [-0.15, -0.1) is 0 Å². The zero-order chi connectivity index (χ0) is 14.3. The summed E-state index contributed by atoms with van der Waals surface area (Å²) < 4.78 is 0.403. The topological polar surface area (TPSA) is 113 Å². The second-order valence-corrected chi connectivity index (χ2v) is 5.20. The normalized spacial score (nSPS) is 10.6. The fraction of sp³-hybridized carbons (Fsp3) is 0. The van der Waals surface area contributed by atoms with E-state index in [1.807, 2.05) is 0 Å². The molecule has 0 unspecified atom stereocenters. The summed E-state index contributed by atoms with van der Waals surface area (Å²) in [6.45, 7) is 0. The van der Waals surface area contributed by atoms with Crippen molar-refractivity contribution in [1.29, 1.82) is 0 Å². The quantitative estimate of drug-likeness (QED) is 0.438. The Hall–Kier alpha value is -1.74. The van der Waals surface area contributed by atoms with Gasteiger partial charge in [-0.3, -0.25) is 19.7 Å². The Labute approximate surface area is 121 Å². The Morgan fingerprint density at radius 1 is 1.26 bits per heavy atom. The summed E-state index contributed by atoms with van der Waals surface area (Å²) in [5, 5.41) is 20.6. The van der Waals surface area contributed by atoms with Gasteiger partial charge in [-0.25, -0.2) is 0 Å². The van der Waals surface area contributed by atoms with E-state index in [0.717, 1.165) is 0 Å². The summed E-state index contributed by atoms with van der Waals surface area (Å²) in [7, 11) is 0. The van der Waals surface area contributed by atoms with Crippen molar-refractivity contribution in [2.24, 2.45) is 0 Å². The van der Waals surface area contributed by atoms with Crippen LogP contribution in [0, 0.1) is 10.1 Å². The Balaban J connectivity index is 3.23. The first kappa shape index (κ1) is 13.7. The van der Waals surface area contributed by atoms with Crippen LogP contribution in [0.4, 0.5) is 5.69 Å². The van der Waals surface area contributed by atoms with E-state index in [2.05, 4.69) is 36.8 Å². The Morgan fingerprint density at radius 3 is 2.47 bits per heavy atom. The van der Waals surface area contributed by atoms with Crippen LogP contribution in [0.25, 0.3) is 10.9 Å². The van der Waals surface area contributed by atoms with E-state index in [9.17, 15) is 24.8 Å². The molecule has 7 nitrogen and oxygen atoms in total. The number of aromatic nitrogens is 1. The molecule has 0 fully saturated rings. The molecule has 0 amide bonds. The molecule has 0 saturated carbocycles. The molecule has 2 N–H and O–H groups in total. The van der Waals surface area contributed by atoms with Crippen LogP contribution < -0.4 is 11.0 Å². The molecule has 0 aliphatic carbocycles. The average molecular weight is 392 g/mol. The SMILES string of the molecule is O=c1cc(O)c2c([N+](=O)[O-])c(Br)c(Br)cc2[nH]c1=O. The van der Waals surface area contributed by atoms with Gasteiger partial charge in [0.25, 0.3) is 11.2 Å². The summed E-state index contributed by atoms with van der Waals surface area (Å²) >= 11 is 6.10. The van der Waals surface area contributed by atoms with Crippen LogP contribution in [0.5, 0.6) is 5.75 Å². The number of nitrogens with zero attached hydrogens (tertiary/aromatic N) is 1. The fourth-order valence-electron chi connectivity index (χ4n) is 1.59. The molecule has 98 valence electrons. The average Bonchev–Trinajstić information content (AvgIpc) is 2.40. The maximum atomic E-state index is 11.4. The van der Waals surface area contributed by atoms with Gasteiger partial charge in [0.05, 0.1) is 10.4 Å². The number of halogens is 2. The van der Waals surface area contributed by atoms with E-state index < -0.39 is 27.3 Å². The summed E-state index contributed by atoms with van der Waals surface area (Å²) in [6, 6.07) is 2.00. The van der Waals surface area contributed by atoms with Crippen LogP contribution in [0.2, 0.25) is 0 Å². The van der Waals surface area contributed by atoms with Gasteiger partial charge < -0.3 is 10.1 Å². The van der Waals surface area contributed by atoms with Crippen molar-refractivity contribution in [1.82, 2.24) is 4.98 Å². The molecule has 0 aliphatic heterocycles. The molecule has 0 bridgehead atoms. The first-order chi connectivity index (χ1) is 8.82. The van der Waals surface area contributed by atoms with Crippen molar-refractivity contribution in [3.8, 4) is 5.75 Å². The first-order valence-corrected chi connectivity index (χ1v) is 6.34. The van der Waals surface area contributed by atoms with Crippen LogP contribution in [0.1, 0.15) is 0 Å². The molecular weight excluding hydrogens is 388 g/mol. The van der Waals surface area contributed by atoms with Crippen LogP contribution in [0.3, 0.4) is 0 Å². The fourth-order valence-corrected chi connectivity index (χ4v) is 2.46. The Bertz CT molecular complexity index is 831. The molecule has 0 spiro atoms. The van der Waals surface area contributed by atoms with E-state index >= 15 is 0 Å². The summed E-state index contributed by atoms with van der Waals surface area (Å²) in [6.07, 6.45) is 0. The summed E-state index contributed by atoms with van der Waals surface area (Å²) in [4.78, 5) is 35.3. The molecular formula is C10H4Br2N2O5. The number of benzene rings is 1. The number of nitrogens with one attached hydrogen (secondary N) is 1. The van der Waals surface area contributed by atoms with Crippen molar-refractivity contribution in [3.05, 3.63) is 51.8 Å². The molecule has 1 aromatic heterocycles. The molecule has 2 rings (SSSR count). The van der Waals surface area contributed by atoms with Crippen LogP contribution >= 0.6 is 31.9 Å². The predicted octanol–water partition coefficient (Wildman–Crippen LogP) is 2.03. The molecule has 1 heterocycles. The van der Waals surface area contributed by atoms with Crippen molar-refractivity contribution in [2.75, 3.05) is 0 Å². The maximum Gasteiger partial charge on any atom is 0.297 e. The highest BCUT2D eigenvalue weighted by Gasteiger charge is 2.23. The lowest BCUT2D eigenvalue weighted by atomic mass is 10.2. The number of H-pyrrole nitrogens is 1. The lowest BCUT2D eigenvalue weighted by Gasteiger charge is -2.02. The predicted molar refractivity (Wildman–Crippen MR) is 74.6 cm³/mol. The smallest absolute Gasteiger partial charge is 0.297 e. The van der Waals surface area contributed by atoms with Crippen LogP contribution in [0.15, 0.2) is 30.7 Å². The Kier molecular flexibility index (Phi) is 3.42. The lowest BCUT2D eigenvalue weighted by Crippen LogP contribution is -2.22. The van der Waals surface area contributed by atoms with Gasteiger partial charge in [-0.05, 0) is 37.9 Å². The standard InChI is InChI=1S/C10H4Br2N2O5/c11-3-1-4-7(9(8(3)12)14(18)19)5(15)2-6(16)10(17)13-4/h1-2,15H,(H,13,16,17). The van der Waals surface area contributed by atoms with Crippen molar-refractivity contribution >= 4 is 48.5 Å². The third-order valence-corrected chi connectivity index (χ3v) is 4.33. The molecule has 19 heavy (non-hydrogen) atoms. The third kappa shape index (κ3) is 2.26. The number of fused-ring (bicyclic) bond motifs is 1. The molecule has 2 aromatic rings. The number of nitro groups is 1. The van der Waals surface area contributed by atoms with Crippen LogP contribution in [-0.2, 0) is 0 Å². The summed E-state index contributed by atoms with van der Waals surface area (Å²) in [5.74, 6) is -0.641. The zero-order valence-corrected chi connectivity index (χ0v) is 12.1. The monoisotopic (exact) mass is 390 g/mol. The second kappa shape index (κ2) is 4.74. The van der Waals surface area contributed by atoms with Gasteiger partial charge in [0.1, 0.15) is 15.6 Å². The minimum absolute atomic E-state index is 0.0219. The van der Waals surface area contributed by atoms with Gasteiger partial charge in [0.15, 0.2) is 0 Å². The van der Waals surface area contributed by atoms with Crippen molar-refractivity contribution in [3.63, 3.8) is 0 Å². The first-order valence-electron chi connectivity index (χ1n) is 4.75. The molecule has 9 heteroatoms. The highest BCUT2D eigenvalue weighted by atomic mass is 79.9. The van der Waals surface area contributed by atoms with Gasteiger partial charge in [0.2, 0.25) is 5.43 Å². The van der Waals surface area contributed by atoms with E-state index in [1.165, 1.54) is 6.07 Å². The number of nitro benzene ring substituents is 1. The zero-order valence-electron chi connectivity index (χ0n) is 8.94. The van der Waals surface area contributed by atoms with Crippen molar-refractivity contribution in [2.45, 2.75) is 0 Å². The minimum Gasteiger partial charge on any atom is -0.507 e. The highest BCUT2D eigenvalue weighted by Crippen LogP contribution is 2.40. The minimum atomic E-state index is -0.991. The maximum absolute atomic E-state index is 11.4. The van der Waals surface area contributed by atoms with E-state index in [4.69, 9.17) is 0 Å². The third-order valence-electron chi connectivity index (χ3n) is 2.37. The van der Waals surface area contributed by atoms with E-state index in [0.29, 0.717) is 10.5 Å². The Morgan fingerprint density at radius 2 is 1.89 bits per heavy atom. The largest absolute Gasteiger partial charge is 0.507 e. The number of aromatic amines is 1. The number of rotatable bonds is 1. The number of hydrogen-bond acceptors (Lipinski definition) is 5. The molecule has 1 aromatic carbocycles. The van der Waals surface area contributed by atoms with Gasteiger partial charge in [0, 0.05) is 10.5 Å². The lowest BCUT2D eigenvalue weighted by molar-refractivity contribution is -0.383. The highest BCUT2D eigenvalue weighted by molar-refractivity contribution is 9.13. The molecule has 0 saturated heterocycles. The van der Waals surface area contributed by atoms with Crippen molar-refractivity contribution < 1.29 is 10.0 Å². The van der Waals surface area contributed by atoms with Crippen LogP contribution in [-0.4, -0.2) is 15.0 Å². The van der Waals surface area contributed by atoms with Gasteiger partial charge >= 0.3 is 0 Å². The number of aromatic hydroxyl groups is 1. The summed E-state index contributed by atoms with van der Waals surface area (Å²) in [5.41, 5.74) is -2.44.